The molecule has 0 saturated carbocycles. The number of Topliss-reactive ketones (excluding diaryl/α,β-unsaturated/α-hetero) is 1. The van der Waals surface area contributed by atoms with Gasteiger partial charge in [-0.05, 0) is 41.5 Å². The summed E-state index contributed by atoms with van der Waals surface area (Å²) in [5.74, 6) is -0.943. The SMILES string of the molecule is COc1cn(C(Cc2ccccn2)C(=O)Cc2ccc(C(N)=O)nc2)c(=O)cc1-c1cc(Cl)ccc1C(F)F. The lowest BCUT2D eigenvalue weighted by atomic mass is 9.98. The molecule has 0 bridgehead atoms. The molecule has 0 radical (unpaired) electrons. The van der Waals surface area contributed by atoms with Crippen LogP contribution in [0, 0.1) is 0 Å². The Morgan fingerprint density at radius 1 is 1.08 bits per heavy atom. The predicted molar refractivity (Wildman–Crippen MR) is 141 cm³/mol. The molecule has 1 aromatic carbocycles. The zero-order chi connectivity index (χ0) is 28.1. The van der Waals surface area contributed by atoms with Crippen LogP contribution in [0.4, 0.5) is 8.78 Å². The minimum absolute atomic E-state index is 0.0480. The number of hydrogen-bond acceptors (Lipinski definition) is 6. The van der Waals surface area contributed by atoms with E-state index >= 15 is 0 Å². The second kappa shape index (κ2) is 12.0. The lowest BCUT2D eigenvalue weighted by Crippen LogP contribution is -2.32. The van der Waals surface area contributed by atoms with Crippen molar-refractivity contribution in [3.8, 4) is 16.9 Å². The van der Waals surface area contributed by atoms with Gasteiger partial charge in [-0.2, -0.15) is 0 Å². The van der Waals surface area contributed by atoms with E-state index in [9.17, 15) is 23.2 Å². The van der Waals surface area contributed by atoms with Gasteiger partial charge in [-0.25, -0.2) is 8.78 Å². The molecule has 8 nitrogen and oxygen atoms in total. The fourth-order valence-electron chi connectivity index (χ4n) is 4.18. The number of alkyl halides is 2. The molecular formula is C28H23ClF2N4O4. The van der Waals surface area contributed by atoms with Crippen LogP contribution in [0.2, 0.25) is 5.02 Å². The van der Waals surface area contributed by atoms with E-state index in [2.05, 4.69) is 9.97 Å². The van der Waals surface area contributed by atoms with Crippen LogP contribution in [0.3, 0.4) is 0 Å². The molecule has 3 aromatic heterocycles. The fourth-order valence-corrected chi connectivity index (χ4v) is 4.35. The molecule has 200 valence electrons. The van der Waals surface area contributed by atoms with Crippen LogP contribution in [-0.2, 0) is 17.6 Å². The fraction of sp³-hybridized carbons (Fsp3) is 0.179. The third-order valence-electron chi connectivity index (χ3n) is 6.10. The Balaban J connectivity index is 1.78. The summed E-state index contributed by atoms with van der Waals surface area (Å²) in [5, 5.41) is 0.208. The Morgan fingerprint density at radius 3 is 2.49 bits per heavy atom. The molecule has 1 unspecified atom stereocenters. The molecule has 39 heavy (non-hydrogen) atoms. The Labute approximate surface area is 227 Å². The molecule has 0 fully saturated rings. The molecule has 0 saturated heterocycles. The maximum atomic E-state index is 13.8. The summed E-state index contributed by atoms with van der Waals surface area (Å²) >= 11 is 6.07. The van der Waals surface area contributed by atoms with Gasteiger partial charge < -0.3 is 15.0 Å². The van der Waals surface area contributed by atoms with Crippen molar-refractivity contribution in [2.45, 2.75) is 25.3 Å². The highest BCUT2D eigenvalue weighted by Gasteiger charge is 2.26. The average Bonchev–Trinajstić information content (AvgIpc) is 2.92. The molecule has 1 atom stereocenters. The van der Waals surface area contributed by atoms with Crippen molar-refractivity contribution in [1.82, 2.24) is 14.5 Å². The van der Waals surface area contributed by atoms with Gasteiger partial charge in [0.05, 0.1) is 13.3 Å². The van der Waals surface area contributed by atoms with Crippen molar-refractivity contribution in [1.29, 1.82) is 0 Å². The topological polar surface area (TPSA) is 117 Å². The number of pyridine rings is 3. The Morgan fingerprint density at radius 2 is 1.87 bits per heavy atom. The lowest BCUT2D eigenvalue weighted by molar-refractivity contribution is -0.121. The number of ketones is 1. The molecule has 0 aliphatic carbocycles. The summed E-state index contributed by atoms with van der Waals surface area (Å²) in [5.41, 5.74) is 5.59. The summed E-state index contributed by atoms with van der Waals surface area (Å²) in [6.45, 7) is 0. The summed E-state index contributed by atoms with van der Waals surface area (Å²) in [6, 6.07) is 12.2. The van der Waals surface area contributed by atoms with Gasteiger partial charge in [-0.1, -0.05) is 29.8 Å². The predicted octanol–water partition coefficient (Wildman–Crippen LogP) is 4.60. The first-order chi connectivity index (χ1) is 18.7. The molecule has 0 spiro atoms. The zero-order valence-electron chi connectivity index (χ0n) is 20.7. The number of halogens is 3. The smallest absolute Gasteiger partial charge is 0.267 e. The van der Waals surface area contributed by atoms with Gasteiger partial charge in [0.1, 0.15) is 17.5 Å². The molecule has 4 aromatic rings. The highest BCUT2D eigenvalue weighted by atomic mass is 35.5. The lowest BCUT2D eigenvalue weighted by Gasteiger charge is -2.21. The zero-order valence-corrected chi connectivity index (χ0v) is 21.4. The monoisotopic (exact) mass is 552 g/mol. The minimum Gasteiger partial charge on any atom is -0.495 e. The van der Waals surface area contributed by atoms with E-state index in [-0.39, 0.29) is 51.8 Å². The van der Waals surface area contributed by atoms with Crippen molar-refractivity contribution in [2.24, 2.45) is 5.73 Å². The number of aromatic nitrogens is 3. The maximum Gasteiger partial charge on any atom is 0.267 e. The second-order valence-electron chi connectivity index (χ2n) is 8.63. The van der Waals surface area contributed by atoms with Gasteiger partial charge in [-0.3, -0.25) is 24.4 Å². The molecule has 0 aliphatic heterocycles. The van der Waals surface area contributed by atoms with Crippen LogP contribution in [0.25, 0.3) is 11.1 Å². The van der Waals surface area contributed by atoms with Crippen molar-refractivity contribution in [3.05, 3.63) is 111 Å². The molecule has 1 amide bonds. The maximum absolute atomic E-state index is 13.8. The van der Waals surface area contributed by atoms with Crippen molar-refractivity contribution >= 4 is 23.3 Å². The van der Waals surface area contributed by atoms with E-state index < -0.39 is 23.9 Å². The third-order valence-corrected chi connectivity index (χ3v) is 6.33. The Hall–Kier alpha value is -4.44. The number of methoxy groups -OCH3 is 1. The van der Waals surface area contributed by atoms with Crippen LogP contribution < -0.4 is 16.0 Å². The third kappa shape index (κ3) is 6.35. The first-order valence-corrected chi connectivity index (χ1v) is 12.1. The van der Waals surface area contributed by atoms with Gasteiger partial charge in [0.15, 0.2) is 5.78 Å². The van der Waals surface area contributed by atoms with Gasteiger partial charge in [0.25, 0.3) is 17.9 Å². The van der Waals surface area contributed by atoms with E-state index in [0.717, 1.165) is 6.07 Å². The van der Waals surface area contributed by atoms with Crippen molar-refractivity contribution in [2.75, 3.05) is 7.11 Å². The average molecular weight is 553 g/mol. The summed E-state index contributed by atoms with van der Waals surface area (Å²) in [7, 11) is 1.34. The number of carbonyl (C=O) groups is 2. The standard InChI is InChI=1S/C28H23ClF2N4O4/c1-39-25-15-35(26(37)13-21(25)20-11-17(29)6-7-19(20)27(30)31)23(12-18-4-2-3-9-33-18)24(36)10-16-5-8-22(28(32)38)34-14-16/h2-9,11,13-15,23,27H,10,12H2,1H3,(H2,32,38). The van der Waals surface area contributed by atoms with Crippen LogP contribution in [-0.4, -0.2) is 33.3 Å². The van der Waals surface area contributed by atoms with E-state index in [1.165, 1.54) is 48.3 Å². The number of nitrogens with two attached hydrogens (primary N) is 1. The molecule has 0 aliphatic rings. The van der Waals surface area contributed by atoms with Gasteiger partial charge in [-0.15, -0.1) is 0 Å². The first-order valence-electron chi connectivity index (χ1n) is 11.7. The quantitative estimate of drug-likeness (QED) is 0.307. The summed E-state index contributed by atoms with van der Waals surface area (Å²) in [4.78, 5) is 46.5. The Kier molecular flexibility index (Phi) is 8.46. The number of benzene rings is 1. The van der Waals surface area contributed by atoms with Gasteiger partial charge >= 0.3 is 0 Å². The highest BCUT2D eigenvalue weighted by molar-refractivity contribution is 6.30. The summed E-state index contributed by atoms with van der Waals surface area (Å²) < 4.78 is 34.2. The molecule has 4 rings (SSSR count). The number of ether oxygens (including phenoxy) is 1. The van der Waals surface area contributed by atoms with E-state index in [0.29, 0.717) is 11.3 Å². The van der Waals surface area contributed by atoms with Crippen molar-refractivity contribution < 1.29 is 23.1 Å². The number of hydrogen-bond donors (Lipinski definition) is 1. The van der Waals surface area contributed by atoms with Gasteiger partial charge in [0.2, 0.25) is 0 Å². The van der Waals surface area contributed by atoms with Gasteiger partial charge in [0, 0.05) is 53.1 Å². The number of nitrogens with zero attached hydrogens (tertiary/aromatic N) is 3. The largest absolute Gasteiger partial charge is 0.495 e. The van der Waals surface area contributed by atoms with E-state index in [1.54, 1.807) is 30.5 Å². The van der Waals surface area contributed by atoms with E-state index in [1.807, 2.05) is 0 Å². The van der Waals surface area contributed by atoms with Crippen LogP contribution in [0.1, 0.15) is 39.8 Å². The first kappa shape index (κ1) is 27.6. The van der Waals surface area contributed by atoms with Crippen LogP contribution >= 0.6 is 11.6 Å². The number of carbonyl (C=O) groups excluding carboxylic acids is 2. The van der Waals surface area contributed by atoms with Crippen LogP contribution in [0.15, 0.2) is 78.0 Å². The normalized spacial score (nSPS) is 11.8. The number of rotatable bonds is 10. The van der Waals surface area contributed by atoms with E-state index in [4.69, 9.17) is 22.1 Å². The second-order valence-corrected chi connectivity index (χ2v) is 9.07. The van der Waals surface area contributed by atoms with Crippen LogP contribution in [0.5, 0.6) is 5.75 Å². The molecular weight excluding hydrogens is 530 g/mol. The minimum atomic E-state index is -2.82. The highest BCUT2D eigenvalue weighted by Crippen LogP contribution is 2.37. The molecule has 11 heteroatoms. The Bertz CT molecular complexity index is 1560. The summed E-state index contributed by atoms with van der Waals surface area (Å²) in [6.07, 6.45) is 1.41. The molecule has 2 N–H and O–H groups in total. The van der Waals surface area contributed by atoms with Crippen molar-refractivity contribution in [3.63, 3.8) is 0 Å². The number of primary amides is 1. The number of amides is 1. The molecule has 3 heterocycles.